The Bertz CT molecular complexity index is 410. The van der Waals surface area contributed by atoms with Crippen LogP contribution in [-0.4, -0.2) is 48.0 Å². The molecule has 2 heterocycles. The highest BCUT2D eigenvalue weighted by Gasteiger charge is 2.22. The number of carbonyl (C=O) groups excluding carboxylic acids is 1. The number of piperazine rings is 1. The minimum atomic E-state index is -0.149. The normalized spacial score (nSPS) is 16.5. The summed E-state index contributed by atoms with van der Waals surface area (Å²) >= 11 is 5.74. The number of nitrogens with one attached hydrogen (secondary N) is 2. The van der Waals surface area contributed by atoms with Crippen LogP contribution in [0.1, 0.15) is 6.92 Å². The van der Waals surface area contributed by atoms with E-state index in [-0.39, 0.29) is 36.8 Å². The molecule has 20 heavy (non-hydrogen) atoms. The SMILES string of the molecule is CC(C(=O)Nc1ccc(Cl)cn1)N1CCNCC1.Cl.Cl. The highest BCUT2D eigenvalue weighted by Crippen LogP contribution is 2.11. The van der Waals surface area contributed by atoms with Crippen LogP contribution >= 0.6 is 36.4 Å². The average Bonchev–Trinajstić information content (AvgIpc) is 2.41. The van der Waals surface area contributed by atoms with E-state index in [0.29, 0.717) is 10.8 Å². The largest absolute Gasteiger partial charge is 0.314 e. The van der Waals surface area contributed by atoms with Crippen molar-refractivity contribution in [3.05, 3.63) is 23.4 Å². The standard InChI is InChI=1S/C12H17ClN4O.2ClH/c1-9(17-6-4-14-5-7-17)12(18)16-11-3-2-10(13)8-15-11;;/h2-3,8-9,14H,4-7H2,1H3,(H,15,16,18);2*1H. The zero-order valence-electron chi connectivity index (χ0n) is 11.1. The molecular formula is C12H19Cl3N4O. The van der Waals surface area contributed by atoms with Gasteiger partial charge >= 0.3 is 0 Å². The highest BCUT2D eigenvalue weighted by atomic mass is 35.5. The van der Waals surface area contributed by atoms with Crippen LogP contribution in [0, 0.1) is 0 Å². The number of halogens is 3. The summed E-state index contributed by atoms with van der Waals surface area (Å²) in [4.78, 5) is 18.3. The fourth-order valence-electron chi connectivity index (χ4n) is 1.92. The van der Waals surface area contributed by atoms with Crippen molar-refractivity contribution < 1.29 is 4.79 Å². The van der Waals surface area contributed by atoms with E-state index in [1.54, 1.807) is 12.1 Å². The molecule has 0 radical (unpaired) electrons. The van der Waals surface area contributed by atoms with Gasteiger partial charge in [-0.1, -0.05) is 11.6 Å². The van der Waals surface area contributed by atoms with Crippen LogP contribution in [0.15, 0.2) is 18.3 Å². The van der Waals surface area contributed by atoms with E-state index in [4.69, 9.17) is 11.6 Å². The van der Waals surface area contributed by atoms with Crippen molar-refractivity contribution in [1.82, 2.24) is 15.2 Å². The van der Waals surface area contributed by atoms with Gasteiger partial charge in [-0.25, -0.2) is 4.98 Å². The summed E-state index contributed by atoms with van der Waals surface area (Å²) < 4.78 is 0. The van der Waals surface area contributed by atoms with E-state index in [2.05, 4.69) is 20.5 Å². The first kappa shape index (κ1) is 19.4. The van der Waals surface area contributed by atoms with Crippen molar-refractivity contribution >= 4 is 48.1 Å². The summed E-state index contributed by atoms with van der Waals surface area (Å²) in [5.74, 6) is 0.498. The number of rotatable bonds is 3. The van der Waals surface area contributed by atoms with Crippen LogP contribution in [0.4, 0.5) is 5.82 Å². The molecule has 1 fully saturated rings. The van der Waals surface area contributed by atoms with E-state index in [1.807, 2.05) is 6.92 Å². The number of amides is 1. The minimum absolute atomic E-state index is 0. The summed E-state index contributed by atoms with van der Waals surface area (Å²) in [7, 11) is 0. The lowest BCUT2D eigenvalue weighted by molar-refractivity contribution is -0.121. The van der Waals surface area contributed by atoms with Crippen molar-refractivity contribution in [2.45, 2.75) is 13.0 Å². The number of hydrogen-bond acceptors (Lipinski definition) is 4. The molecule has 114 valence electrons. The summed E-state index contributed by atoms with van der Waals surface area (Å²) in [5, 5.41) is 6.62. The number of aromatic nitrogens is 1. The Hall–Kier alpha value is -0.590. The molecule has 5 nitrogen and oxygen atoms in total. The van der Waals surface area contributed by atoms with Crippen LogP contribution in [0.25, 0.3) is 0 Å². The van der Waals surface area contributed by atoms with Crippen molar-refractivity contribution in [2.75, 3.05) is 31.5 Å². The second kappa shape index (κ2) is 9.37. The molecule has 0 aromatic carbocycles. The molecule has 1 aliphatic heterocycles. The Kier molecular flexibility index (Phi) is 9.09. The molecule has 1 atom stereocenters. The molecule has 8 heteroatoms. The molecular weight excluding hydrogens is 323 g/mol. The predicted octanol–water partition coefficient (Wildman–Crippen LogP) is 1.81. The first-order chi connectivity index (χ1) is 8.66. The van der Waals surface area contributed by atoms with E-state index in [9.17, 15) is 4.79 Å². The fraction of sp³-hybridized carbons (Fsp3) is 0.500. The lowest BCUT2D eigenvalue weighted by Crippen LogP contribution is -2.51. The number of nitrogens with zero attached hydrogens (tertiary/aromatic N) is 2. The molecule has 0 bridgehead atoms. The van der Waals surface area contributed by atoms with Crippen molar-refractivity contribution in [3.63, 3.8) is 0 Å². The van der Waals surface area contributed by atoms with E-state index < -0.39 is 0 Å². The molecule has 2 rings (SSSR count). The number of hydrogen-bond donors (Lipinski definition) is 2. The summed E-state index contributed by atoms with van der Waals surface area (Å²) in [6.45, 7) is 5.55. The van der Waals surface area contributed by atoms with Crippen LogP contribution in [-0.2, 0) is 4.79 Å². The Balaban J connectivity index is 0.00000180. The van der Waals surface area contributed by atoms with Gasteiger partial charge in [0.15, 0.2) is 0 Å². The van der Waals surface area contributed by atoms with Gasteiger partial charge in [0.1, 0.15) is 5.82 Å². The molecule has 0 spiro atoms. The van der Waals surface area contributed by atoms with Crippen molar-refractivity contribution in [3.8, 4) is 0 Å². The maximum absolute atomic E-state index is 12.1. The zero-order chi connectivity index (χ0) is 13.0. The summed E-state index contributed by atoms with van der Waals surface area (Å²) in [6.07, 6.45) is 1.52. The van der Waals surface area contributed by atoms with Crippen LogP contribution in [0.2, 0.25) is 5.02 Å². The zero-order valence-corrected chi connectivity index (χ0v) is 13.5. The summed E-state index contributed by atoms with van der Waals surface area (Å²) in [6, 6.07) is 3.26. The highest BCUT2D eigenvalue weighted by molar-refractivity contribution is 6.30. The molecule has 0 aliphatic carbocycles. The molecule has 1 unspecified atom stereocenters. The quantitative estimate of drug-likeness (QED) is 0.880. The summed E-state index contributed by atoms with van der Waals surface area (Å²) in [5.41, 5.74) is 0. The van der Waals surface area contributed by atoms with E-state index >= 15 is 0 Å². The Morgan fingerprint density at radius 2 is 2.05 bits per heavy atom. The van der Waals surface area contributed by atoms with Crippen molar-refractivity contribution in [1.29, 1.82) is 0 Å². The molecule has 0 saturated carbocycles. The van der Waals surface area contributed by atoms with Crippen molar-refractivity contribution in [2.24, 2.45) is 0 Å². The third-order valence-corrected chi connectivity index (χ3v) is 3.28. The fourth-order valence-corrected chi connectivity index (χ4v) is 2.03. The predicted molar refractivity (Wildman–Crippen MR) is 86.3 cm³/mol. The maximum Gasteiger partial charge on any atom is 0.242 e. The number of carbonyl (C=O) groups is 1. The Morgan fingerprint density at radius 3 is 2.60 bits per heavy atom. The van der Waals surface area contributed by atoms with Gasteiger partial charge in [0.2, 0.25) is 5.91 Å². The number of pyridine rings is 1. The minimum Gasteiger partial charge on any atom is -0.314 e. The molecule has 1 aromatic rings. The smallest absolute Gasteiger partial charge is 0.242 e. The van der Waals surface area contributed by atoms with Gasteiger partial charge in [0.25, 0.3) is 0 Å². The first-order valence-corrected chi connectivity index (χ1v) is 6.42. The Morgan fingerprint density at radius 1 is 1.40 bits per heavy atom. The van der Waals surface area contributed by atoms with Gasteiger partial charge in [-0.3, -0.25) is 9.69 Å². The van der Waals surface area contributed by atoms with Gasteiger partial charge in [-0.05, 0) is 19.1 Å². The lowest BCUT2D eigenvalue weighted by atomic mass is 10.2. The first-order valence-electron chi connectivity index (χ1n) is 6.04. The van der Waals surface area contributed by atoms with Crippen LogP contribution < -0.4 is 10.6 Å². The van der Waals surface area contributed by atoms with Gasteiger partial charge in [0, 0.05) is 32.4 Å². The van der Waals surface area contributed by atoms with Gasteiger partial charge in [-0.2, -0.15) is 0 Å². The van der Waals surface area contributed by atoms with Gasteiger partial charge in [-0.15, -0.1) is 24.8 Å². The second-order valence-corrected chi connectivity index (χ2v) is 4.75. The monoisotopic (exact) mass is 340 g/mol. The molecule has 1 saturated heterocycles. The van der Waals surface area contributed by atoms with E-state index in [0.717, 1.165) is 26.2 Å². The third-order valence-electron chi connectivity index (χ3n) is 3.06. The molecule has 1 aliphatic rings. The van der Waals surface area contributed by atoms with Crippen LogP contribution in [0.5, 0.6) is 0 Å². The maximum atomic E-state index is 12.1. The van der Waals surface area contributed by atoms with Crippen LogP contribution in [0.3, 0.4) is 0 Å². The Labute approximate surface area is 136 Å². The average molecular weight is 342 g/mol. The molecule has 1 amide bonds. The molecule has 2 N–H and O–H groups in total. The second-order valence-electron chi connectivity index (χ2n) is 4.31. The molecule has 1 aromatic heterocycles. The number of anilines is 1. The lowest BCUT2D eigenvalue weighted by Gasteiger charge is -2.31. The van der Waals surface area contributed by atoms with Gasteiger partial charge < -0.3 is 10.6 Å². The third kappa shape index (κ3) is 5.42. The van der Waals surface area contributed by atoms with E-state index in [1.165, 1.54) is 6.20 Å². The topological polar surface area (TPSA) is 57.3 Å². The van der Waals surface area contributed by atoms with Gasteiger partial charge in [0.05, 0.1) is 11.1 Å².